The van der Waals surface area contributed by atoms with Crippen molar-refractivity contribution in [2.45, 2.75) is 19.8 Å². The number of fused-ring (bicyclic) bond motifs is 1. The number of hydrogen-bond donors (Lipinski definition) is 1. The number of nitrogens with zero attached hydrogens (tertiary/aromatic N) is 2. The Hall–Kier alpha value is -2.54. The first-order valence-electron chi connectivity index (χ1n) is 6.62. The summed E-state index contributed by atoms with van der Waals surface area (Å²) in [5.41, 5.74) is 2.82. The molecule has 1 atom stereocenters. The second-order valence-corrected chi connectivity index (χ2v) is 5.19. The van der Waals surface area contributed by atoms with Crippen LogP contribution >= 0.6 is 0 Å². The number of rotatable bonds is 3. The standard InChI is InChI=1S/C16H15N3O/c1-10(2)12(9-17)11-5-6-13-14(8-11)19-16(18-13)15-4-3-7-20-15/h3-8,10,12H,1-2H3,(H,18,19). The molecule has 4 heteroatoms. The molecular formula is C16H15N3O. The topological polar surface area (TPSA) is 65.6 Å². The summed E-state index contributed by atoms with van der Waals surface area (Å²) in [5, 5.41) is 9.29. The van der Waals surface area contributed by atoms with E-state index in [1.807, 2.05) is 30.3 Å². The largest absolute Gasteiger partial charge is 0.461 e. The van der Waals surface area contributed by atoms with E-state index in [1.165, 1.54) is 0 Å². The summed E-state index contributed by atoms with van der Waals surface area (Å²) in [6.45, 7) is 4.11. The highest BCUT2D eigenvalue weighted by molar-refractivity contribution is 5.79. The summed E-state index contributed by atoms with van der Waals surface area (Å²) in [6, 6.07) is 12.0. The highest BCUT2D eigenvalue weighted by Gasteiger charge is 2.16. The van der Waals surface area contributed by atoms with E-state index in [1.54, 1.807) is 6.26 Å². The Kier molecular flexibility index (Phi) is 3.03. The predicted molar refractivity (Wildman–Crippen MR) is 77.0 cm³/mol. The second-order valence-electron chi connectivity index (χ2n) is 5.19. The first-order valence-corrected chi connectivity index (χ1v) is 6.62. The highest BCUT2D eigenvalue weighted by atomic mass is 16.3. The molecule has 0 spiro atoms. The quantitative estimate of drug-likeness (QED) is 0.775. The zero-order chi connectivity index (χ0) is 14.1. The van der Waals surface area contributed by atoms with Crippen LogP contribution in [-0.4, -0.2) is 9.97 Å². The number of nitrogens with one attached hydrogen (secondary N) is 1. The lowest BCUT2D eigenvalue weighted by Crippen LogP contribution is -2.03. The Balaban J connectivity index is 2.06. The molecule has 1 unspecified atom stereocenters. The minimum Gasteiger partial charge on any atom is -0.461 e. The van der Waals surface area contributed by atoms with Crippen LogP contribution in [0.25, 0.3) is 22.6 Å². The highest BCUT2D eigenvalue weighted by Crippen LogP contribution is 2.27. The third-order valence-corrected chi connectivity index (χ3v) is 3.43. The number of aromatic nitrogens is 2. The van der Waals surface area contributed by atoms with Gasteiger partial charge in [-0.3, -0.25) is 0 Å². The Bertz CT molecular complexity index is 763. The summed E-state index contributed by atoms with van der Waals surface area (Å²) in [6.07, 6.45) is 1.62. The van der Waals surface area contributed by atoms with Crippen molar-refractivity contribution in [3.05, 3.63) is 42.2 Å². The van der Waals surface area contributed by atoms with Crippen molar-refractivity contribution in [2.24, 2.45) is 5.92 Å². The minimum atomic E-state index is -0.102. The lowest BCUT2D eigenvalue weighted by Gasteiger charge is -2.12. The summed E-state index contributed by atoms with van der Waals surface area (Å²) < 4.78 is 5.34. The van der Waals surface area contributed by atoms with E-state index in [0.717, 1.165) is 16.6 Å². The van der Waals surface area contributed by atoms with Gasteiger partial charge in [0.1, 0.15) is 0 Å². The molecule has 0 fully saturated rings. The molecule has 0 aliphatic heterocycles. The first-order chi connectivity index (χ1) is 9.69. The Morgan fingerprint density at radius 1 is 1.30 bits per heavy atom. The van der Waals surface area contributed by atoms with Gasteiger partial charge in [-0.25, -0.2) is 4.98 Å². The lowest BCUT2D eigenvalue weighted by atomic mass is 9.90. The smallest absolute Gasteiger partial charge is 0.174 e. The van der Waals surface area contributed by atoms with Gasteiger partial charge in [-0.1, -0.05) is 19.9 Å². The molecule has 0 bridgehead atoms. The molecule has 2 aromatic heterocycles. The number of furan rings is 1. The number of nitriles is 1. The third kappa shape index (κ3) is 2.08. The zero-order valence-corrected chi connectivity index (χ0v) is 11.4. The fourth-order valence-electron chi connectivity index (χ4n) is 2.36. The van der Waals surface area contributed by atoms with Crippen LogP contribution in [0, 0.1) is 17.2 Å². The molecule has 0 radical (unpaired) electrons. The van der Waals surface area contributed by atoms with Crippen molar-refractivity contribution in [1.29, 1.82) is 5.26 Å². The van der Waals surface area contributed by atoms with E-state index < -0.39 is 0 Å². The fourth-order valence-corrected chi connectivity index (χ4v) is 2.36. The van der Waals surface area contributed by atoms with Crippen LogP contribution in [0.5, 0.6) is 0 Å². The molecular weight excluding hydrogens is 250 g/mol. The summed E-state index contributed by atoms with van der Waals surface area (Å²) >= 11 is 0. The molecule has 0 saturated heterocycles. The number of imidazole rings is 1. The van der Waals surface area contributed by atoms with Crippen LogP contribution < -0.4 is 0 Å². The van der Waals surface area contributed by atoms with Crippen molar-refractivity contribution in [2.75, 3.05) is 0 Å². The number of benzene rings is 1. The average Bonchev–Trinajstić information content (AvgIpc) is 3.07. The minimum absolute atomic E-state index is 0.102. The van der Waals surface area contributed by atoms with Gasteiger partial charge in [0.25, 0.3) is 0 Å². The van der Waals surface area contributed by atoms with Crippen LogP contribution in [0.2, 0.25) is 0 Å². The molecule has 100 valence electrons. The van der Waals surface area contributed by atoms with E-state index in [-0.39, 0.29) is 11.8 Å². The first kappa shape index (κ1) is 12.5. The van der Waals surface area contributed by atoms with Gasteiger partial charge in [-0.05, 0) is 35.7 Å². The van der Waals surface area contributed by atoms with Crippen LogP contribution in [0.15, 0.2) is 41.0 Å². The van der Waals surface area contributed by atoms with Gasteiger partial charge >= 0.3 is 0 Å². The molecule has 2 heterocycles. The summed E-state index contributed by atoms with van der Waals surface area (Å²) in [4.78, 5) is 7.74. The van der Waals surface area contributed by atoms with Gasteiger partial charge in [0, 0.05) is 0 Å². The van der Waals surface area contributed by atoms with Crippen LogP contribution in [0.3, 0.4) is 0 Å². The molecule has 0 aliphatic carbocycles. The van der Waals surface area contributed by atoms with Crippen LogP contribution in [-0.2, 0) is 0 Å². The molecule has 0 saturated carbocycles. The zero-order valence-electron chi connectivity index (χ0n) is 11.4. The maximum atomic E-state index is 9.29. The molecule has 3 aromatic rings. The number of hydrogen-bond acceptors (Lipinski definition) is 3. The third-order valence-electron chi connectivity index (χ3n) is 3.43. The van der Waals surface area contributed by atoms with E-state index in [4.69, 9.17) is 4.42 Å². The van der Waals surface area contributed by atoms with Gasteiger partial charge < -0.3 is 9.40 Å². The van der Waals surface area contributed by atoms with Crippen molar-refractivity contribution in [3.8, 4) is 17.7 Å². The van der Waals surface area contributed by atoms with Crippen molar-refractivity contribution >= 4 is 11.0 Å². The van der Waals surface area contributed by atoms with Gasteiger partial charge in [-0.15, -0.1) is 0 Å². The fraction of sp³-hybridized carbons (Fsp3) is 0.250. The van der Waals surface area contributed by atoms with Gasteiger partial charge in [0.15, 0.2) is 11.6 Å². The lowest BCUT2D eigenvalue weighted by molar-refractivity contribution is 0.578. The maximum Gasteiger partial charge on any atom is 0.174 e. The van der Waals surface area contributed by atoms with Gasteiger partial charge in [0.2, 0.25) is 0 Å². The second kappa shape index (κ2) is 4.86. The number of H-pyrrole nitrogens is 1. The van der Waals surface area contributed by atoms with E-state index in [2.05, 4.69) is 29.9 Å². The predicted octanol–water partition coefficient (Wildman–Crippen LogP) is 4.09. The van der Waals surface area contributed by atoms with Crippen LogP contribution in [0.4, 0.5) is 0 Å². The Labute approximate surface area is 117 Å². The van der Waals surface area contributed by atoms with E-state index in [0.29, 0.717) is 11.6 Å². The Morgan fingerprint density at radius 3 is 2.80 bits per heavy atom. The van der Waals surface area contributed by atoms with Crippen molar-refractivity contribution in [1.82, 2.24) is 9.97 Å². The van der Waals surface area contributed by atoms with Gasteiger partial charge in [0.05, 0.1) is 29.3 Å². The molecule has 20 heavy (non-hydrogen) atoms. The van der Waals surface area contributed by atoms with Crippen molar-refractivity contribution < 1.29 is 4.42 Å². The molecule has 4 nitrogen and oxygen atoms in total. The molecule has 0 aliphatic rings. The van der Waals surface area contributed by atoms with Crippen molar-refractivity contribution in [3.63, 3.8) is 0 Å². The SMILES string of the molecule is CC(C)C(C#N)c1ccc2nc(-c3ccco3)[nH]c2c1. The Morgan fingerprint density at radius 2 is 2.15 bits per heavy atom. The van der Waals surface area contributed by atoms with E-state index >= 15 is 0 Å². The van der Waals surface area contributed by atoms with Gasteiger partial charge in [-0.2, -0.15) is 5.26 Å². The van der Waals surface area contributed by atoms with E-state index in [9.17, 15) is 5.26 Å². The summed E-state index contributed by atoms with van der Waals surface area (Å²) in [5.74, 6) is 1.60. The average molecular weight is 265 g/mol. The summed E-state index contributed by atoms with van der Waals surface area (Å²) in [7, 11) is 0. The number of aromatic amines is 1. The maximum absolute atomic E-state index is 9.29. The molecule has 0 amide bonds. The van der Waals surface area contributed by atoms with Crippen LogP contribution in [0.1, 0.15) is 25.3 Å². The normalized spacial score (nSPS) is 12.7. The molecule has 1 N–H and O–H groups in total. The molecule has 1 aromatic carbocycles. The monoisotopic (exact) mass is 265 g/mol. The molecule has 3 rings (SSSR count).